The molecule has 2 aromatic carbocycles. The molecule has 0 bridgehead atoms. The van der Waals surface area contributed by atoms with Gasteiger partial charge in [0.25, 0.3) is 0 Å². The van der Waals surface area contributed by atoms with Crippen molar-refractivity contribution in [1.82, 2.24) is 0 Å². The van der Waals surface area contributed by atoms with Gasteiger partial charge >= 0.3 is 0 Å². The molecule has 0 spiro atoms. The van der Waals surface area contributed by atoms with Gasteiger partial charge in [0, 0.05) is 15.4 Å². The number of carbonyl (C=O) groups excluding carboxylic acids is 1. The fourth-order valence-electron chi connectivity index (χ4n) is 1.64. The van der Waals surface area contributed by atoms with Gasteiger partial charge in [-0.05, 0) is 55.8 Å². The second-order valence-electron chi connectivity index (χ2n) is 4.21. The summed E-state index contributed by atoms with van der Waals surface area (Å²) < 4.78 is 26.3. The zero-order valence-corrected chi connectivity index (χ0v) is 11.4. The van der Waals surface area contributed by atoms with Crippen LogP contribution in [0, 0.1) is 18.6 Å². The largest absolute Gasteiger partial charge is 0.294 e. The minimum absolute atomic E-state index is 0.191. The van der Waals surface area contributed by atoms with Crippen LogP contribution in [-0.4, -0.2) is 5.78 Å². The van der Waals surface area contributed by atoms with E-state index in [1.807, 2.05) is 0 Å². The molecule has 0 atom stereocenters. The summed E-state index contributed by atoms with van der Waals surface area (Å²) in [5.41, 5.74) is 0.826. The van der Waals surface area contributed by atoms with Crippen molar-refractivity contribution in [3.8, 4) is 0 Å². The lowest BCUT2D eigenvalue weighted by molar-refractivity contribution is 0.101. The maximum Gasteiger partial charge on any atom is 0.161 e. The Labute approximate surface area is 114 Å². The SMILES string of the molecule is CC(=O)c1cc(F)c(C)cc1Sc1ccc(F)cc1. The monoisotopic (exact) mass is 278 g/mol. The smallest absolute Gasteiger partial charge is 0.161 e. The average Bonchev–Trinajstić information content (AvgIpc) is 2.36. The summed E-state index contributed by atoms with van der Waals surface area (Å²) in [6.45, 7) is 3.05. The molecule has 0 saturated carbocycles. The molecule has 98 valence electrons. The molecule has 19 heavy (non-hydrogen) atoms. The van der Waals surface area contributed by atoms with Crippen molar-refractivity contribution in [1.29, 1.82) is 0 Å². The predicted molar refractivity (Wildman–Crippen MR) is 71.7 cm³/mol. The summed E-state index contributed by atoms with van der Waals surface area (Å²) >= 11 is 1.32. The third-order valence-corrected chi connectivity index (χ3v) is 3.75. The van der Waals surface area contributed by atoms with Gasteiger partial charge in [-0.3, -0.25) is 4.79 Å². The van der Waals surface area contributed by atoms with Crippen LogP contribution >= 0.6 is 11.8 Å². The number of halogens is 2. The Morgan fingerprint density at radius 1 is 1.11 bits per heavy atom. The van der Waals surface area contributed by atoms with E-state index in [1.165, 1.54) is 36.9 Å². The Kier molecular flexibility index (Phi) is 4.00. The van der Waals surface area contributed by atoms with Crippen LogP contribution in [-0.2, 0) is 0 Å². The lowest BCUT2D eigenvalue weighted by Crippen LogP contribution is -1.98. The van der Waals surface area contributed by atoms with E-state index in [1.54, 1.807) is 25.1 Å². The number of hydrogen-bond acceptors (Lipinski definition) is 2. The molecule has 0 unspecified atom stereocenters. The molecule has 0 aromatic heterocycles. The van der Waals surface area contributed by atoms with E-state index in [9.17, 15) is 13.6 Å². The number of rotatable bonds is 3. The van der Waals surface area contributed by atoms with Crippen molar-refractivity contribution in [3.05, 3.63) is 59.2 Å². The van der Waals surface area contributed by atoms with Crippen molar-refractivity contribution in [2.45, 2.75) is 23.6 Å². The summed E-state index contributed by atoms with van der Waals surface area (Å²) in [5.74, 6) is -0.899. The fraction of sp³-hybridized carbons (Fsp3) is 0.133. The van der Waals surface area contributed by atoms with Crippen LogP contribution in [0.2, 0.25) is 0 Å². The Morgan fingerprint density at radius 3 is 2.32 bits per heavy atom. The summed E-state index contributed by atoms with van der Waals surface area (Å²) in [4.78, 5) is 13.0. The van der Waals surface area contributed by atoms with E-state index in [2.05, 4.69) is 0 Å². The van der Waals surface area contributed by atoms with Crippen LogP contribution in [0.4, 0.5) is 8.78 Å². The molecule has 0 radical (unpaired) electrons. The molecular weight excluding hydrogens is 266 g/mol. The minimum Gasteiger partial charge on any atom is -0.294 e. The first-order chi connectivity index (χ1) is 8.97. The van der Waals surface area contributed by atoms with Crippen LogP contribution in [0.25, 0.3) is 0 Å². The Morgan fingerprint density at radius 2 is 1.74 bits per heavy atom. The van der Waals surface area contributed by atoms with Gasteiger partial charge in [-0.25, -0.2) is 8.78 Å². The van der Waals surface area contributed by atoms with E-state index in [-0.39, 0.29) is 11.6 Å². The second kappa shape index (κ2) is 5.53. The summed E-state index contributed by atoms with van der Waals surface area (Å²) in [6, 6.07) is 8.85. The quantitative estimate of drug-likeness (QED) is 0.762. The summed E-state index contributed by atoms with van der Waals surface area (Å²) in [7, 11) is 0. The lowest BCUT2D eigenvalue weighted by atomic mass is 10.1. The van der Waals surface area contributed by atoms with Crippen LogP contribution in [0.1, 0.15) is 22.8 Å². The van der Waals surface area contributed by atoms with Crippen molar-refractivity contribution >= 4 is 17.5 Å². The third kappa shape index (κ3) is 3.20. The highest BCUT2D eigenvalue weighted by Gasteiger charge is 2.12. The molecule has 0 saturated heterocycles. The van der Waals surface area contributed by atoms with Crippen LogP contribution in [0.3, 0.4) is 0 Å². The molecule has 0 N–H and O–H groups in total. The first-order valence-electron chi connectivity index (χ1n) is 5.72. The summed E-state index contributed by atoms with van der Waals surface area (Å²) in [5, 5.41) is 0. The van der Waals surface area contributed by atoms with E-state index in [0.717, 1.165) is 4.90 Å². The zero-order valence-electron chi connectivity index (χ0n) is 10.5. The van der Waals surface area contributed by atoms with Crippen molar-refractivity contribution in [2.24, 2.45) is 0 Å². The minimum atomic E-state index is -0.395. The Hall–Kier alpha value is -1.68. The first kappa shape index (κ1) is 13.7. The maximum atomic E-state index is 13.5. The molecule has 0 aliphatic heterocycles. The number of ketones is 1. The fourth-order valence-corrected chi connectivity index (χ4v) is 2.72. The zero-order chi connectivity index (χ0) is 14.0. The number of aryl methyl sites for hydroxylation is 1. The van der Waals surface area contributed by atoms with Gasteiger partial charge in [-0.2, -0.15) is 0 Å². The van der Waals surface area contributed by atoms with Gasteiger partial charge in [0.1, 0.15) is 11.6 Å². The molecule has 1 nitrogen and oxygen atoms in total. The van der Waals surface area contributed by atoms with E-state index in [4.69, 9.17) is 0 Å². The maximum absolute atomic E-state index is 13.5. The molecule has 0 aliphatic carbocycles. The molecular formula is C15H12F2OS. The third-order valence-electron chi connectivity index (χ3n) is 2.68. The average molecular weight is 278 g/mol. The molecule has 2 rings (SSSR count). The molecule has 0 fully saturated rings. The first-order valence-corrected chi connectivity index (χ1v) is 6.53. The Bertz CT molecular complexity index is 621. The standard InChI is InChI=1S/C15H12F2OS/c1-9-7-15(13(10(2)18)8-14(9)17)19-12-5-3-11(16)4-6-12/h3-8H,1-2H3. The van der Waals surface area contributed by atoms with Gasteiger partial charge in [0.05, 0.1) is 0 Å². The number of benzene rings is 2. The van der Waals surface area contributed by atoms with Gasteiger partial charge in [0.15, 0.2) is 5.78 Å². The highest BCUT2D eigenvalue weighted by molar-refractivity contribution is 7.99. The molecule has 4 heteroatoms. The van der Waals surface area contributed by atoms with Gasteiger partial charge in [-0.1, -0.05) is 11.8 Å². The molecule has 0 heterocycles. The molecule has 0 amide bonds. The number of hydrogen-bond donors (Lipinski definition) is 0. The second-order valence-corrected chi connectivity index (χ2v) is 5.33. The normalized spacial score (nSPS) is 10.5. The lowest BCUT2D eigenvalue weighted by Gasteiger charge is -2.09. The van der Waals surface area contributed by atoms with E-state index < -0.39 is 5.82 Å². The van der Waals surface area contributed by atoms with Crippen LogP contribution in [0.5, 0.6) is 0 Å². The summed E-state index contributed by atoms with van der Waals surface area (Å²) in [6.07, 6.45) is 0. The van der Waals surface area contributed by atoms with E-state index in [0.29, 0.717) is 16.0 Å². The number of Topliss-reactive ketones (excluding diaryl/α,β-unsaturated/α-hetero) is 1. The van der Waals surface area contributed by atoms with Crippen molar-refractivity contribution < 1.29 is 13.6 Å². The predicted octanol–water partition coefficient (Wildman–Crippen LogP) is 4.63. The van der Waals surface area contributed by atoms with Crippen LogP contribution in [0.15, 0.2) is 46.2 Å². The highest BCUT2D eigenvalue weighted by Crippen LogP contribution is 2.32. The Balaban J connectivity index is 2.41. The van der Waals surface area contributed by atoms with Crippen molar-refractivity contribution in [3.63, 3.8) is 0 Å². The van der Waals surface area contributed by atoms with Crippen molar-refractivity contribution in [2.75, 3.05) is 0 Å². The number of carbonyl (C=O) groups is 1. The van der Waals surface area contributed by atoms with Crippen LogP contribution < -0.4 is 0 Å². The molecule has 0 aliphatic rings. The van der Waals surface area contributed by atoms with E-state index >= 15 is 0 Å². The van der Waals surface area contributed by atoms with Gasteiger partial charge in [0.2, 0.25) is 0 Å². The van der Waals surface area contributed by atoms with Gasteiger partial charge in [-0.15, -0.1) is 0 Å². The highest BCUT2D eigenvalue weighted by atomic mass is 32.2. The molecule has 2 aromatic rings. The van der Waals surface area contributed by atoms with Gasteiger partial charge < -0.3 is 0 Å². The topological polar surface area (TPSA) is 17.1 Å².